The van der Waals surface area contributed by atoms with Crippen molar-refractivity contribution in [1.29, 1.82) is 0 Å². The molecular weight excluding hydrogens is 528 g/mol. The minimum Gasteiger partial charge on any atom is -0.391 e. The Balaban J connectivity index is 0.000000380. The van der Waals surface area contributed by atoms with Crippen molar-refractivity contribution in [2.24, 2.45) is 0 Å². The molecule has 2 fully saturated rings. The standard InChI is InChI=1S/2C8H14N4O7/c2*13-1-8(11(3-15)6(18)9-2-14)5(17)10-7(19)12(8)4-16/h2*13-16H,1-4H2,(H,9,18)(H,10,17,19). The highest BCUT2D eigenvalue weighted by Crippen LogP contribution is 2.26. The third-order valence-corrected chi connectivity index (χ3v) is 5.40. The number of imide groups is 2. The van der Waals surface area contributed by atoms with Gasteiger partial charge in [0.25, 0.3) is 11.8 Å². The zero-order chi connectivity index (χ0) is 29.3. The summed E-state index contributed by atoms with van der Waals surface area (Å²) in [5.74, 6) is -2.17. The van der Waals surface area contributed by atoms with Crippen LogP contribution >= 0.6 is 0 Å². The molecule has 12 N–H and O–H groups in total. The van der Waals surface area contributed by atoms with E-state index in [2.05, 4.69) is 0 Å². The fourth-order valence-electron chi connectivity index (χ4n) is 3.52. The summed E-state index contributed by atoms with van der Waals surface area (Å²) in [6.07, 6.45) is 0. The molecule has 22 heteroatoms. The largest absolute Gasteiger partial charge is 0.391 e. The zero-order valence-electron chi connectivity index (χ0n) is 19.5. The van der Waals surface area contributed by atoms with E-state index in [1.54, 1.807) is 10.6 Å². The fraction of sp³-hybridized carbons (Fsp3) is 0.625. The van der Waals surface area contributed by atoms with Gasteiger partial charge in [0.2, 0.25) is 11.3 Å². The Kier molecular flexibility index (Phi) is 11.5. The molecular formula is C16H28N8O14. The van der Waals surface area contributed by atoms with E-state index in [1.165, 1.54) is 0 Å². The van der Waals surface area contributed by atoms with Crippen LogP contribution in [0.2, 0.25) is 0 Å². The van der Waals surface area contributed by atoms with Crippen LogP contribution in [0.1, 0.15) is 0 Å². The van der Waals surface area contributed by atoms with E-state index in [0.29, 0.717) is 19.6 Å². The summed E-state index contributed by atoms with van der Waals surface area (Å²) >= 11 is 0. The summed E-state index contributed by atoms with van der Waals surface area (Å²) in [4.78, 5) is 71.4. The first kappa shape index (κ1) is 32.1. The average molecular weight is 556 g/mol. The van der Waals surface area contributed by atoms with Crippen molar-refractivity contribution in [2.45, 2.75) is 11.3 Å². The fourth-order valence-corrected chi connectivity index (χ4v) is 3.52. The molecule has 22 nitrogen and oxygen atoms in total. The molecule has 0 bridgehead atoms. The second-order valence-corrected chi connectivity index (χ2v) is 7.03. The highest BCUT2D eigenvalue weighted by Gasteiger charge is 2.59. The molecule has 0 radical (unpaired) electrons. The Morgan fingerprint density at radius 3 is 1.18 bits per heavy atom. The predicted octanol–water partition coefficient (Wildman–Crippen LogP) is -7.82. The smallest absolute Gasteiger partial charge is 0.328 e. The lowest BCUT2D eigenvalue weighted by molar-refractivity contribution is -0.147. The van der Waals surface area contributed by atoms with E-state index in [9.17, 15) is 39.0 Å². The first-order valence-corrected chi connectivity index (χ1v) is 10.2. The third-order valence-electron chi connectivity index (χ3n) is 5.40. The normalized spacial score (nSPS) is 22.4. The van der Waals surface area contributed by atoms with Gasteiger partial charge < -0.3 is 51.5 Å². The first-order valence-electron chi connectivity index (χ1n) is 10.2. The molecule has 0 aromatic heterocycles. The maximum Gasteiger partial charge on any atom is 0.328 e. The summed E-state index contributed by atoms with van der Waals surface area (Å²) < 4.78 is 0. The minimum atomic E-state index is -2.28. The van der Waals surface area contributed by atoms with Crippen LogP contribution < -0.4 is 21.3 Å². The number of nitrogens with zero attached hydrogens (tertiary/aromatic N) is 4. The summed E-state index contributed by atoms with van der Waals surface area (Å²) in [6.45, 7) is -7.69. The molecule has 0 aliphatic carbocycles. The van der Waals surface area contributed by atoms with Gasteiger partial charge in [-0.25, -0.2) is 19.2 Å². The molecule has 2 saturated heterocycles. The van der Waals surface area contributed by atoms with Gasteiger partial charge in [0.05, 0.1) is 13.2 Å². The van der Waals surface area contributed by atoms with Crippen LogP contribution in [0.3, 0.4) is 0 Å². The minimum absolute atomic E-state index is 0.402. The lowest BCUT2D eigenvalue weighted by atomic mass is 10.1. The zero-order valence-corrected chi connectivity index (χ0v) is 19.5. The quantitative estimate of drug-likeness (QED) is 0.0878. The number of carbonyl (C=O) groups is 6. The van der Waals surface area contributed by atoms with Gasteiger partial charge >= 0.3 is 24.1 Å². The van der Waals surface area contributed by atoms with Gasteiger partial charge in [-0.1, -0.05) is 0 Å². The van der Waals surface area contributed by atoms with Gasteiger partial charge in [0.15, 0.2) is 0 Å². The number of amides is 10. The molecule has 0 aromatic carbocycles. The van der Waals surface area contributed by atoms with Gasteiger partial charge in [-0.2, -0.15) is 0 Å². The van der Waals surface area contributed by atoms with Crippen LogP contribution in [0.4, 0.5) is 19.2 Å². The monoisotopic (exact) mass is 556 g/mol. The predicted molar refractivity (Wildman–Crippen MR) is 114 cm³/mol. The van der Waals surface area contributed by atoms with Crippen molar-refractivity contribution in [3.8, 4) is 0 Å². The van der Waals surface area contributed by atoms with Crippen LogP contribution in [0.5, 0.6) is 0 Å². The Labute approximate surface area is 212 Å². The van der Waals surface area contributed by atoms with E-state index in [1.807, 2.05) is 10.6 Å². The SMILES string of the molecule is O=C(NCO)N(CO)C1(CO)C(=O)NC(=O)N1CO.O=C(NCO)N(CO)C1(CO)C(=O)NC(=O)N1CO. The number of rotatable bonds is 10. The molecule has 216 valence electrons. The molecule has 2 heterocycles. The van der Waals surface area contributed by atoms with Crippen LogP contribution in [0.15, 0.2) is 0 Å². The van der Waals surface area contributed by atoms with Crippen molar-refractivity contribution < 1.29 is 69.6 Å². The molecule has 10 amide bonds. The topological polar surface area (TPSA) is 325 Å². The highest BCUT2D eigenvalue weighted by atomic mass is 16.3. The molecule has 0 aromatic rings. The first-order chi connectivity index (χ1) is 18.0. The van der Waals surface area contributed by atoms with Gasteiger partial charge in [0.1, 0.15) is 40.4 Å². The molecule has 38 heavy (non-hydrogen) atoms. The van der Waals surface area contributed by atoms with Gasteiger partial charge in [-0.15, -0.1) is 0 Å². The second-order valence-electron chi connectivity index (χ2n) is 7.03. The maximum absolute atomic E-state index is 11.8. The number of hydrogen-bond donors (Lipinski definition) is 12. The van der Waals surface area contributed by atoms with E-state index in [-0.39, 0.29) is 0 Å². The lowest BCUT2D eigenvalue weighted by Crippen LogP contribution is -2.68. The van der Waals surface area contributed by atoms with Crippen LogP contribution in [-0.2, 0) is 9.59 Å². The van der Waals surface area contributed by atoms with Crippen LogP contribution in [-0.4, -0.2) is 161 Å². The van der Waals surface area contributed by atoms with E-state index >= 15 is 0 Å². The molecule has 2 atom stereocenters. The van der Waals surface area contributed by atoms with Gasteiger partial charge in [-0.05, 0) is 0 Å². The highest BCUT2D eigenvalue weighted by molar-refractivity contribution is 6.09. The number of hydrogen-bond acceptors (Lipinski definition) is 14. The lowest BCUT2D eigenvalue weighted by Gasteiger charge is -2.40. The van der Waals surface area contributed by atoms with Gasteiger partial charge in [-0.3, -0.25) is 39.8 Å². The molecule has 2 rings (SSSR count). The van der Waals surface area contributed by atoms with Crippen molar-refractivity contribution in [2.75, 3.05) is 53.6 Å². The van der Waals surface area contributed by atoms with E-state index < -0.39 is 101 Å². The summed E-state index contributed by atoms with van der Waals surface area (Å²) in [5, 5.41) is 79.8. The van der Waals surface area contributed by atoms with Crippen molar-refractivity contribution >= 4 is 35.9 Å². The number of carbonyl (C=O) groups excluding carboxylic acids is 6. The van der Waals surface area contributed by atoms with Crippen LogP contribution in [0.25, 0.3) is 0 Å². The Hall–Kier alpha value is -3.90. The molecule has 0 saturated carbocycles. The molecule has 0 spiro atoms. The number of nitrogens with one attached hydrogen (secondary N) is 4. The third kappa shape index (κ3) is 5.36. The number of aliphatic hydroxyl groups excluding tert-OH is 8. The van der Waals surface area contributed by atoms with Crippen LogP contribution in [0, 0.1) is 0 Å². The summed E-state index contributed by atoms with van der Waals surface area (Å²) in [7, 11) is 0. The van der Waals surface area contributed by atoms with Crippen molar-refractivity contribution in [3.05, 3.63) is 0 Å². The Bertz CT molecular complexity index is 851. The van der Waals surface area contributed by atoms with Gasteiger partial charge in [0, 0.05) is 0 Å². The Morgan fingerprint density at radius 2 is 0.974 bits per heavy atom. The second kappa shape index (κ2) is 13.6. The molecule has 2 aliphatic rings. The average Bonchev–Trinajstić information content (AvgIpc) is 3.28. The molecule has 2 aliphatic heterocycles. The van der Waals surface area contributed by atoms with E-state index in [0.717, 1.165) is 0 Å². The molecule has 2 unspecified atom stereocenters. The number of urea groups is 4. The Morgan fingerprint density at radius 1 is 0.658 bits per heavy atom. The van der Waals surface area contributed by atoms with Crippen molar-refractivity contribution in [3.63, 3.8) is 0 Å². The van der Waals surface area contributed by atoms with Crippen molar-refractivity contribution in [1.82, 2.24) is 40.9 Å². The van der Waals surface area contributed by atoms with E-state index in [4.69, 9.17) is 30.6 Å². The summed E-state index contributed by atoms with van der Waals surface area (Å²) in [6, 6.07) is -4.28. The number of aliphatic hydroxyl groups is 8. The summed E-state index contributed by atoms with van der Waals surface area (Å²) in [5.41, 5.74) is -4.56. The maximum atomic E-state index is 11.8.